The third-order valence-electron chi connectivity index (χ3n) is 4.79. The summed E-state index contributed by atoms with van der Waals surface area (Å²) in [6.07, 6.45) is 8.47. The highest BCUT2D eigenvalue weighted by Crippen LogP contribution is 2.35. The van der Waals surface area contributed by atoms with E-state index < -0.39 is 0 Å². The van der Waals surface area contributed by atoms with Crippen molar-refractivity contribution in [2.45, 2.75) is 64.5 Å². The van der Waals surface area contributed by atoms with Crippen molar-refractivity contribution in [3.05, 3.63) is 0 Å². The van der Waals surface area contributed by atoms with Gasteiger partial charge < -0.3 is 10.5 Å². The number of ether oxygens (including phenoxy) is 1. The maximum absolute atomic E-state index is 6.42. The molecule has 0 radical (unpaired) electrons. The Kier molecular flexibility index (Phi) is 4.26. The molecule has 0 aromatic heterocycles. The lowest BCUT2D eigenvalue weighted by Crippen LogP contribution is -2.39. The van der Waals surface area contributed by atoms with Crippen LogP contribution in [0.25, 0.3) is 0 Å². The topological polar surface area (TPSA) is 35.2 Å². The van der Waals surface area contributed by atoms with E-state index in [0.717, 1.165) is 18.4 Å². The number of nitrogens with two attached hydrogens (primary N) is 1. The van der Waals surface area contributed by atoms with Gasteiger partial charge in [-0.15, -0.1) is 0 Å². The second kappa shape index (κ2) is 5.50. The quantitative estimate of drug-likeness (QED) is 0.801. The maximum Gasteiger partial charge on any atom is 0.0551 e. The summed E-state index contributed by atoms with van der Waals surface area (Å²) in [7, 11) is 0. The molecule has 0 aromatic carbocycles. The molecule has 94 valence electrons. The first-order chi connectivity index (χ1) is 7.70. The third kappa shape index (κ3) is 2.78. The molecule has 1 saturated carbocycles. The van der Waals surface area contributed by atoms with Crippen molar-refractivity contribution in [1.82, 2.24) is 0 Å². The van der Waals surface area contributed by atoms with Gasteiger partial charge in [0.1, 0.15) is 0 Å². The summed E-state index contributed by atoms with van der Waals surface area (Å²) >= 11 is 0. The van der Waals surface area contributed by atoms with E-state index in [9.17, 15) is 0 Å². The van der Waals surface area contributed by atoms with Crippen LogP contribution in [-0.4, -0.2) is 18.8 Å². The van der Waals surface area contributed by atoms with E-state index in [1.807, 2.05) is 0 Å². The van der Waals surface area contributed by atoms with Gasteiger partial charge in [0.2, 0.25) is 0 Å². The minimum absolute atomic E-state index is 0.391. The molecule has 2 N–H and O–H groups in total. The normalized spacial score (nSPS) is 42.2. The molecule has 0 spiro atoms. The van der Waals surface area contributed by atoms with Crippen LogP contribution < -0.4 is 5.73 Å². The smallest absolute Gasteiger partial charge is 0.0551 e. The number of hydrogen-bond acceptors (Lipinski definition) is 2. The standard InChI is InChI=1S/C14H27NO/c1-3-11-4-6-12(7-5-11)14(15)13-8-10(2)16-9-13/h10-14H,3-9,15H2,1-2H3. The van der Waals surface area contributed by atoms with E-state index in [1.165, 1.54) is 38.5 Å². The predicted molar refractivity (Wildman–Crippen MR) is 67.2 cm³/mol. The first-order valence-electron chi connectivity index (χ1n) is 7.07. The van der Waals surface area contributed by atoms with Crippen LogP contribution in [0.3, 0.4) is 0 Å². The molecule has 1 aliphatic carbocycles. The molecule has 2 fully saturated rings. The van der Waals surface area contributed by atoms with Crippen molar-refractivity contribution < 1.29 is 4.74 Å². The van der Waals surface area contributed by atoms with Gasteiger partial charge in [-0.05, 0) is 38.0 Å². The van der Waals surface area contributed by atoms with Gasteiger partial charge in [0.15, 0.2) is 0 Å². The summed E-state index contributed by atoms with van der Waals surface area (Å²) in [5.74, 6) is 2.36. The predicted octanol–water partition coefficient (Wildman–Crippen LogP) is 2.96. The fourth-order valence-corrected chi connectivity index (χ4v) is 3.48. The first kappa shape index (κ1) is 12.4. The van der Waals surface area contributed by atoms with E-state index in [1.54, 1.807) is 0 Å². The Balaban J connectivity index is 1.79. The minimum atomic E-state index is 0.391. The third-order valence-corrected chi connectivity index (χ3v) is 4.79. The SMILES string of the molecule is CCC1CCC(C(N)C2COC(C)C2)CC1. The molecule has 2 nitrogen and oxygen atoms in total. The van der Waals surface area contributed by atoms with Crippen molar-refractivity contribution in [3.63, 3.8) is 0 Å². The Labute approximate surface area is 99.9 Å². The van der Waals surface area contributed by atoms with E-state index >= 15 is 0 Å². The van der Waals surface area contributed by atoms with E-state index in [-0.39, 0.29) is 0 Å². The molecular formula is C14H27NO. The Hall–Kier alpha value is -0.0800. The second-order valence-corrected chi connectivity index (χ2v) is 5.91. The zero-order chi connectivity index (χ0) is 11.5. The van der Waals surface area contributed by atoms with Crippen LogP contribution in [0, 0.1) is 17.8 Å². The maximum atomic E-state index is 6.42. The fourth-order valence-electron chi connectivity index (χ4n) is 3.48. The van der Waals surface area contributed by atoms with Crippen molar-refractivity contribution in [3.8, 4) is 0 Å². The zero-order valence-electron chi connectivity index (χ0n) is 10.8. The summed E-state index contributed by atoms with van der Waals surface area (Å²) in [5.41, 5.74) is 6.42. The average Bonchev–Trinajstić information content (AvgIpc) is 2.75. The molecule has 2 rings (SSSR count). The molecular weight excluding hydrogens is 198 g/mol. The van der Waals surface area contributed by atoms with E-state index in [0.29, 0.717) is 18.1 Å². The van der Waals surface area contributed by atoms with Crippen LogP contribution in [0.4, 0.5) is 0 Å². The largest absolute Gasteiger partial charge is 0.378 e. The van der Waals surface area contributed by atoms with Gasteiger partial charge in [-0.25, -0.2) is 0 Å². The van der Waals surface area contributed by atoms with Gasteiger partial charge in [0, 0.05) is 12.0 Å². The molecule has 3 unspecified atom stereocenters. The van der Waals surface area contributed by atoms with Crippen molar-refractivity contribution in [2.24, 2.45) is 23.5 Å². The molecule has 1 saturated heterocycles. The molecule has 16 heavy (non-hydrogen) atoms. The highest BCUT2D eigenvalue weighted by molar-refractivity contribution is 4.87. The highest BCUT2D eigenvalue weighted by atomic mass is 16.5. The van der Waals surface area contributed by atoms with E-state index in [2.05, 4.69) is 13.8 Å². The molecule has 1 heterocycles. The van der Waals surface area contributed by atoms with Crippen molar-refractivity contribution in [2.75, 3.05) is 6.61 Å². The van der Waals surface area contributed by atoms with Gasteiger partial charge in [0.25, 0.3) is 0 Å². The van der Waals surface area contributed by atoms with Crippen LogP contribution in [-0.2, 0) is 4.74 Å². The Morgan fingerprint density at radius 1 is 1.19 bits per heavy atom. The molecule has 0 bridgehead atoms. The molecule has 3 atom stereocenters. The van der Waals surface area contributed by atoms with Gasteiger partial charge in [-0.2, -0.15) is 0 Å². The van der Waals surface area contributed by atoms with Gasteiger partial charge in [0.05, 0.1) is 12.7 Å². The summed E-state index contributed by atoms with van der Waals surface area (Å²) in [5, 5.41) is 0. The Morgan fingerprint density at radius 3 is 2.38 bits per heavy atom. The highest BCUT2D eigenvalue weighted by Gasteiger charge is 2.33. The second-order valence-electron chi connectivity index (χ2n) is 5.91. The summed E-state index contributed by atoms with van der Waals surface area (Å²) in [4.78, 5) is 0. The van der Waals surface area contributed by atoms with Gasteiger partial charge >= 0.3 is 0 Å². The lowest BCUT2D eigenvalue weighted by molar-refractivity contribution is 0.113. The van der Waals surface area contributed by atoms with Crippen LogP contribution in [0.2, 0.25) is 0 Å². The van der Waals surface area contributed by atoms with Gasteiger partial charge in [-0.3, -0.25) is 0 Å². The lowest BCUT2D eigenvalue weighted by Gasteiger charge is -2.34. The van der Waals surface area contributed by atoms with Crippen LogP contribution in [0.15, 0.2) is 0 Å². The van der Waals surface area contributed by atoms with Gasteiger partial charge in [-0.1, -0.05) is 26.2 Å². The molecule has 2 aliphatic rings. The molecule has 1 aliphatic heterocycles. The average molecular weight is 225 g/mol. The summed E-state index contributed by atoms with van der Waals surface area (Å²) in [6.45, 7) is 5.38. The van der Waals surface area contributed by atoms with Crippen LogP contribution >= 0.6 is 0 Å². The van der Waals surface area contributed by atoms with Crippen LogP contribution in [0.1, 0.15) is 52.4 Å². The summed E-state index contributed by atoms with van der Waals surface area (Å²) in [6, 6.07) is 0.391. The Bertz CT molecular complexity index is 211. The van der Waals surface area contributed by atoms with E-state index in [4.69, 9.17) is 10.5 Å². The Morgan fingerprint density at radius 2 is 1.88 bits per heavy atom. The van der Waals surface area contributed by atoms with Crippen molar-refractivity contribution in [1.29, 1.82) is 0 Å². The molecule has 2 heteroatoms. The molecule has 0 amide bonds. The number of hydrogen-bond donors (Lipinski definition) is 1. The minimum Gasteiger partial charge on any atom is -0.378 e. The van der Waals surface area contributed by atoms with Crippen molar-refractivity contribution >= 4 is 0 Å². The monoisotopic (exact) mass is 225 g/mol. The molecule has 0 aromatic rings. The lowest BCUT2D eigenvalue weighted by atomic mass is 9.74. The fraction of sp³-hybridized carbons (Fsp3) is 1.00. The zero-order valence-corrected chi connectivity index (χ0v) is 10.8. The summed E-state index contributed by atoms with van der Waals surface area (Å²) < 4.78 is 5.64. The first-order valence-corrected chi connectivity index (χ1v) is 7.07. The number of rotatable bonds is 3. The van der Waals surface area contributed by atoms with Crippen LogP contribution in [0.5, 0.6) is 0 Å².